The van der Waals surface area contributed by atoms with Gasteiger partial charge in [0.2, 0.25) is 11.8 Å². The summed E-state index contributed by atoms with van der Waals surface area (Å²) < 4.78 is 0. The van der Waals surface area contributed by atoms with Crippen molar-refractivity contribution in [3.05, 3.63) is 0 Å². The average Bonchev–Trinajstić information content (AvgIpc) is 2.27. The van der Waals surface area contributed by atoms with Gasteiger partial charge in [0.1, 0.15) is 0 Å². The lowest BCUT2D eigenvalue weighted by Crippen LogP contribution is -2.48. The molecule has 2 atom stereocenters. The highest BCUT2D eigenvalue weighted by Crippen LogP contribution is 2.17. The predicted octanol–water partition coefficient (Wildman–Crippen LogP) is 0.344. The number of primary amides is 1. The van der Waals surface area contributed by atoms with Crippen LogP contribution >= 0.6 is 0 Å². The zero-order chi connectivity index (χ0) is 13.7. The number of carbonyl (C=O) groups excluding carboxylic acids is 2. The summed E-state index contributed by atoms with van der Waals surface area (Å²) in [5.74, 6) is -0.0638. The van der Waals surface area contributed by atoms with E-state index < -0.39 is 5.91 Å². The van der Waals surface area contributed by atoms with Crippen LogP contribution in [0.15, 0.2) is 0 Å². The smallest absolute Gasteiger partial charge is 0.237 e. The molecule has 0 saturated carbocycles. The molecule has 0 bridgehead atoms. The van der Waals surface area contributed by atoms with E-state index in [9.17, 15) is 9.59 Å². The highest BCUT2D eigenvalue weighted by Gasteiger charge is 2.28. The predicted molar refractivity (Wildman–Crippen MR) is 70.8 cm³/mol. The zero-order valence-electron chi connectivity index (χ0n) is 11.6. The van der Waals surface area contributed by atoms with Crippen molar-refractivity contribution in [2.75, 3.05) is 19.6 Å². The highest BCUT2D eigenvalue weighted by atomic mass is 16.2. The lowest BCUT2D eigenvalue weighted by Gasteiger charge is -2.32. The number of carbonyl (C=O) groups is 2. The minimum atomic E-state index is -0.443. The third kappa shape index (κ3) is 4.64. The van der Waals surface area contributed by atoms with Crippen LogP contribution in [0.25, 0.3) is 0 Å². The number of nitrogens with two attached hydrogens (primary N) is 1. The molecule has 5 nitrogen and oxygen atoms in total. The lowest BCUT2D eigenvalue weighted by atomic mass is 9.94. The minimum absolute atomic E-state index is 0.0145. The molecule has 3 N–H and O–H groups in total. The van der Waals surface area contributed by atoms with Gasteiger partial charge in [-0.05, 0) is 25.7 Å². The van der Waals surface area contributed by atoms with E-state index in [0.717, 1.165) is 12.8 Å². The first-order valence-corrected chi connectivity index (χ1v) is 6.70. The Morgan fingerprint density at radius 3 is 2.50 bits per heavy atom. The van der Waals surface area contributed by atoms with Crippen LogP contribution in [0.4, 0.5) is 0 Å². The van der Waals surface area contributed by atoms with Crippen molar-refractivity contribution in [3.63, 3.8) is 0 Å². The summed E-state index contributed by atoms with van der Waals surface area (Å²) in [6.45, 7) is 7.51. The SMILES string of the molecule is CC(C)CN(CC(N)=O)C(=O)C1CCC(C)NC1. The Hall–Kier alpha value is -1.10. The fraction of sp³-hybridized carbons (Fsp3) is 0.846. The van der Waals surface area contributed by atoms with E-state index in [4.69, 9.17) is 5.73 Å². The second kappa shape index (κ2) is 6.73. The van der Waals surface area contributed by atoms with Gasteiger partial charge in [-0.15, -0.1) is 0 Å². The van der Waals surface area contributed by atoms with Crippen molar-refractivity contribution in [3.8, 4) is 0 Å². The van der Waals surface area contributed by atoms with Crippen molar-refractivity contribution >= 4 is 11.8 Å². The molecule has 0 aliphatic carbocycles. The highest BCUT2D eigenvalue weighted by molar-refractivity contribution is 5.85. The number of piperidine rings is 1. The molecule has 2 unspecified atom stereocenters. The normalized spacial score (nSPS) is 24.0. The molecule has 0 spiro atoms. The van der Waals surface area contributed by atoms with Gasteiger partial charge < -0.3 is 16.0 Å². The van der Waals surface area contributed by atoms with E-state index in [1.165, 1.54) is 0 Å². The number of hydrogen-bond donors (Lipinski definition) is 2. The molecule has 1 heterocycles. The van der Waals surface area contributed by atoms with Gasteiger partial charge in [0.05, 0.1) is 12.5 Å². The van der Waals surface area contributed by atoms with Gasteiger partial charge in [0.15, 0.2) is 0 Å². The first-order valence-electron chi connectivity index (χ1n) is 6.70. The summed E-state index contributed by atoms with van der Waals surface area (Å²) in [5.41, 5.74) is 5.21. The number of nitrogens with one attached hydrogen (secondary N) is 1. The largest absolute Gasteiger partial charge is 0.368 e. The van der Waals surface area contributed by atoms with Gasteiger partial charge in [0, 0.05) is 19.1 Å². The quantitative estimate of drug-likeness (QED) is 0.744. The molecular weight excluding hydrogens is 230 g/mol. The Bertz CT molecular complexity index is 297. The van der Waals surface area contributed by atoms with Crippen LogP contribution in [0.5, 0.6) is 0 Å². The first-order chi connectivity index (χ1) is 8.40. The molecule has 18 heavy (non-hydrogen) atoms. The minimum Gasteiger partial charge on any atom is -0.368 e. The zero-order valence-corrected chi connectivity index (χ0v) is 11.6. The summed E-state index contributed by atoms with van der Waals surface area (Å²) in [7, 11) is 0. The second-order valence-electron chi connectivity index (χ2n) is 5.66. The molecule has 1 rings (SSSR count). The van der Waals surface area contributed by atoms with E-state index in [1.54, 1.807) is 4.90 Å². The van der Waals surface area contributed by atoms with Gasteiger partial charge >= 0.3 is 0 Å². The van der Waals surface area contributed by atoms with Crippen LogP contribution < -0.4 is 11.1 Å². The summed E-state index contributed by atoms with van der Waals surface area (Å²) >= 11 is 0. The van der Waals surface area contributed by atoms with E-state index in [0.29, 0.717) is 25.0 Å². The first kappa shape index (κ1) is 15.0. The maximum Gasteiger partial charge on any atom is 0.237 e. The number of nitrogens with zero attached hydrogens (tertiary/aromatic N) is 1. The molecular formula is C13H25N3O2. The number of amides is 2. The van der Waals surface area contributed by atoms with Crippen LogP contribution in [0.3, 0.4) is 0 Å². The van der Waals surface area contributed by atoms with Gasteiger partial charge in [-0.1, -0.05) is 13.8 Å². The maximum atomic E-state index is 12.4. The fourth-order valence-electron chi connectivity index (χ4n) is 2.33. The summed E-state index contributed by atoms with van der Waals surface area (Å²) in [6, 6.07) is 0.476. The van der Waals surface area contributed by atoms with Gasteiger partial charge in [-0.3, -0.25) is 9.59 Å². The molecule has 1 aliphatic heterocycles. The third-order valence-electron chi connectivity index (χ3n) is 3.25. The van der Waals surface area contributed by atoms with Gasteiger partial charge in [-0.25, -0.2) is 0 Å². The number of hydrogen-bond acceptors (Lipinski definition) is 3. The molecule has 0 aromatic heterocycles. The Labute approximate surface area is 109 Å². The second-order valence-corrected chi connectivity index (χ2v) is 5.66. The summed E-state index contributed by atoms with van der Waals surface area (Å²) in [5, 5.41) is 3.31. The number of rotatable bonds is 5. The van der Waals surface area contributed by atoms with Gasteiger partial charge in [-0.2, -0.15) is 0 Å². The van der Waals surface area contributed by atoms with Crippen LogP contribution in [0.2, 0.25) is 0 Å². The average molecular weight is 255 g/mol. The van der Waals surface area contributed by atoms with E-state index in [-0.39, 0.29) is 18.4 Å². The standard InChI is InChI=1S/C13H25N3O2/c1-9(2)7-16(8-12(14)17)13(18)11-5-4-10(3)15-6-11/h9-11,15H,4-8H2,1-3H3,(H2,14,17). The Morgan fingerprint density at radius 2 is 2.06 bits per heavy atom. The molecule has 0 radical (unpaired) electrons. The Morgan fingerprint density at radius 1 is 1.39 bits per heavy atom. The molecule has 1 saturated heterocycles. The Kier molecular flexibility index (Phi) is 5.59. The summed E-state index contributed by atoms with van der Waals surface area (Å²) in [4.78, 5) is 25.0. The topological polar surface area (TPSA) is 75.4 Å². The van der Waals surface area contributed by atoms with Crippen LogP contribution in [-0.2, 0) is 9.59 Å². The molecule has 5 heteroatoms. The lowest BCUT2D eigenvalue weighted by molar-refractivity contribution is -0.139. The maximum absolute atomic E-state index is 12.4. The van der Waals surface area contributed by atoms with Crippen molar-refractivity contribution in [2.24, 2.45) is 17.6 Å². The van der Waals surface area contributed by atoms with E-state index in [2.05, 4.69) is 12.2 Å². The van der Waals surface area contributed by atoms with Crippen molar-refractivity contribution in [2.45, 2.75) is 39.7 Å². The molecule has 1 aliphatic rings. The molecule has 0 aromatic carbocycles. The Balaban J connectivity index is 2.60. The molecule has 104 valence electrons. The fourth-order valence-corrected chi connectivity index (χ4v) is 2.33. The van der Waals surface area contributed by atoms with Crippen LogP contribution in [-0.4, -0.2) is 42.4 Å². The van der Waals surface area contributed by atoms with Crippen molar-refractivity contribution in [1.29, 1.82) is 0 Å². The van der Waals surface area contributed by atoms with Crippen molar-refractivity contribution < 1.29 is 9.59 Å². The van der Waals surface area contributed by atoms with Crippen molar-refractivity contribution in [1.82, 2.24) is 10.2 Å². The third-order valence-corrected chi connectivity index (χ3v) is 3.25. The summed E-state index contributed by atoms with van der Waals surface area (Å²) in [6.07, 6.45) is 1.89. The van der Waals surface area contributed by atoms with E-state index >= 15 is 0 Å². The molecule has 1 fully saturated rings. The molecule has 0 aromatic rings. The van der Waals surface area contributed by atoms with E-state index in [1.807, 2.05) is 13.8 Å². The molecule has 2 amide bonds. The van der Waals surface area contributed by atoms with Crippen LogP contribution in [0, 0.1) is 11.8 Å². The van der Waals surface area contributed by atoms with Gasteiger partial charge in [0.25, 0.3) is 0 Å². The monoisotopic (exact) mass is 255 g/mol. The van der Waals surface area contributed by atoms with Crippen LogP contribution in [0.1, 0.15) is 33.6 Å².